The quantitative estimate of drug-likeness (QED) is 0.249. The van der Waals surface area contributed by atoms with E-state index in [1.807, 2.05) is 0 Å². The molecule has 0 spiro atoms. The van der Waals surface area contributed by atoms with Gasteiger partial charge in [0.25, 0.3) is 10.0 Å². The minimum absolute atomic E-state index is 0.110. The Hall–Kier alpha value is -3.05. The average Bonchev–Trinajstić information content (AvgIpc) is 3.02. The lowest BCUT2D eigenvalue weighted by molar-refractivity contribution is -0.140. The Morgan fingerprint density at radius 3 is 2.11 bits per heavy atom. The number of hydrogen-bond acceptors (Lipinski definition) is 7. The van der Waals surface area contributed by atoms with Gasteiger partial charge < -0.3 is 9.47 Å². The summed E-state index contributed by atoms with van der Waals surface area (Å²) in [6.07, 6.45) is -2.03. The van der Waals surface area contributed by atoms with Gasteiger partial charge in [-0.2, -0.15) is 0 Å². The van der Waals surface area contributed by atoms with E-state index < -0.39 is 33.5 Å². The highest BCUT2D eigenvalue weighted by Gasteiger charge is 2.32. The van der Waals surface area contributed by atoms with Crippen LogP contribution in [0.15, 0.2) is 57.9 Å². The van der Waals surface area contributed by atoms with E-state index in [4.69, 9.17) is 14.3 Å². The Balaban J connectivity index is 2.15. The normalized spacial score (nSPS) is 12.3. The predicted octanol–water partition coefficient (Wildman–Crippen LogP) is 6.55. The van der Waals surface area contributed by atoms with Crippen molar-refractivity contribution >= 4 is 49.1 Å². The zero-order valence-corrected chi connectivity index (χ0v) is 24.3. The maximum atomic E-state index is 13.6. The molecule has 0 aliphatic carbocycles. The highest BCUT2D eigenvalue weighted by Crippen LogP contribution is 2.33. The van der Waals surface area contributed by atoms with Crippen molar-refractivity contribution < 1.29 is 32.3 Å². The molecular weight excluding hydrogens is 564 g/mol. The Morgan fingerprint density at radius 2 is 1.54 bits per heavy atom. The van der Waals surface area contributed by atoms with Crippen LogP contribution in [0.3, 0.4) is 0 Å². The number of ether oxygens (including phenoxy) is 2. The van der Waals surface area contributed by atoms with Crippen molar-refractivity contribution in [2.75, 3.05) is 0 Å². The van der Waals surface area contributed by atoms with Gasteiger partial charge in [0.15, 0.2) is 0 Å². The van der Waals surface area contributed by atoms with Crippen LogP contribution in [-0.2, 0) is 30.9 Å². The van der Waals surface area contributed by atoms with Crippen LogP contribution in [0.5, 0.6) is 0 Å². The van der Waals surface area contributed by atoms with E-state index in [0.717, 1.165) is 5.06 Å². The van der Waals surface area contributed by atoms with Crippen LogP contribution >= 0.6 is 15.9 Å². The highest BCUT2D eigenvalue weighted by molar-refractivity contribution is 9.10. The van der Waals surface area contributed by atoms with Gasteiger partial charge in [0.2, 0.25) is 0 Å². The number of fused-ring (bicyclic) bond motifs is 1. The van der Waals surface area contributed by atoms with Gasteiger partial charge >= 0.3 is 12.2 Å². The van der Waals surface area contributed by atoms with Gasteiger partial charge in [0, 0.05) is 21.1 Å². The molecule has 0 saturated heterocycles. The first-order valence-electron chi connectivity index (χ1n) is 11.5. The fourth-order valence-corrected chi connectivity index (χ4v) is 5.54. The van der Waals surface area contributed by atoms with Gasteiger partial charge in [-0.15, -0.1) is 5.06 Å². The molecule has 0 atom stereocenters. The molecule has 11 heteroatoms. The summed E-state index contributed by atoms with van der Waals surface area (Å²) < 4.78 is 39.9. The summed E-state index contributed by atoms with van der Waals surface area (Å²) >= 11 is 3.43. The Kier molecular flexibility index (Phi) is 7.99. The smallest absolute Gasteiger partial charge is 0.442 e. The lowest BCUT2D eigenvalue weighted by atomic mass is 10.1. The van der Waals surface area contributed by atoms with Crippen molar-refractivity contribution in [1.82, 2.24) is 9.04 Å². The molecule has 200 valence electrons. The summed E-state index contributed by atoms with van der Waals surface area (Å²) in [5.41, 5.74) is -0.545. The van der Waals surface area contributed by atoms with E-state index in [1.54, 1.807) is 84.9 Å². The summed E-state index contributed by atoms with van der Waals surface area (Å²) in [6.45, 7) is 11.4. The van der Waals surface area contributed by atoms with Crippen LogP contribution in [0.2, 0.25) is 0 Å². The number of aromatic nitrogens is 1. The zero-order valence-electron chi connectivity index (χ0n) is 21.9. The standard InChI is InChI=1S/C26H31BrN2O7S/c1-17-21(16-28(23(30)34-25(2,3)4)36-24(31)35-26(5,6)7)20-15-18(27)13-14-22(20)29(17)37(32,33)19-11-9-8-10-12-19/h8-15H,16H2,1-7H3. The number of hydroxylamine groups is 2. The predicted molar refractivity (Wildman–Crippen MR) is 142 cm³/mol. The molecule has 1 amide bonds. The second-order valence-corrected chi connectivity index (χ2v) is 13.1. The van der Waals surface area contributed by atoms with Crippen LogP contribution in [-0.4, -0.2) is 40.9 Å². The Bertz CT molecular complexity index is 1420. The van der Waals surface area contributed by atoms with Crippen LogP contribution in [0.25, 0.3) is 10.9 Å². The topological polar surface area (TPSA) is 104 Å². The van der Waals surface area contributed by atoms with Gasteiger partial charge in [-0.1, -0.05) is 34.1 Å². The van der Waals surface area contributed by atoms with E-state index in [9.17, 15) is 18.0 Å². The molecule has 0 saturated carbocycles. The molecule has 0 fully saturated rings. The van der Waals surface area contributed by atoms with Crippen molar-refractivity contribution in [2.24, 2.45) is 0 Å². The van der Waals surface area contributed by atoms with Crippen molar-refractivity contribution in [1.29, 1.82) is 0 Å². The lowest BCUT2D eigenvalue weighted by Gasteiger charge is -2.27. The van der Waals surface area contributed by atoms with Gasteiger partial charge in [-0.25, -0.2) is 22.0 Å². The van der Waals surface area contributed by atoms with Gasteiger partial charge in [0.05, 0.1) is 17.0 Å². The molecule has 0 aliphatic rings. The molecule has 1 heterocycles. The number of rotatable bonds is 4. The molecule has 0 unspecified atom stereocenters. The number of amides is 1. The monoisotopic (exact) mass is 594 g/mol. The van der Waals surface area contributed by atoms with Gasteiger partial charge in [0.1, 0.15) is 11.2 Å². The van der Waals surface area contributed by atoms with Gasteiger partial charge in [-0.05, 0) is 78.8 Å². The largest absolute Gasteiger partial charge is 0.534 e. The maximum Gasteiger partial charge on any atom is 0.534 e. The van der Waals surface area contributed by atoms with E-state index >= 15 is 0 Å². The number of nitrogens with zero attached hydrogens (tertiary/aromatic N) is 2. The van der Waals surface area contributed by atoms with E-state index in [-0.39, 0.29) is 11.4 Å². The number of carbonyl (C=O) groups excluding carboxylic acids is 2. The molecule has 37 heavy (non-hydrogen) atoms. The third-order valence-corrected chi connectivity index (χ3v) is 7.31. The summed E-state index contributed by atoms with van der Waals surface area (Å²) in [4.78, 5) is 30.9. The molecule has 0 radical (unpaired) electrons. The van der Waals surface area contributed by atoms with Crippen molar-refractivity contribution in [3.63, 3.8) is 0 Å². The van der Waals surface area contributed by atoms with Crippen molar-refractivity contribution in [3.05, 3.63) is 64.3 Å². The summed E-state index contributed by atoms with van der Waals surface area (Å²) in [7, 11) is -3.99. The van der Waals surface area contributed by atoms with Crippen molar-refractivity contribution in [3.8, 4) is 0 Å². The number of halogens is 1. The maximum absolute atomic E-state index is 13.6. The first kappa shape index (κ1) is 28.5. The Morgan fingerprint density at radius 1 is 0.946 bits per heavy atom. The third-order valence-electron chi connectivity index (χ3n) is 5.00. The highest BCUT2D eigenvalue weighted by atomic mass is 79.9. The minimum Gasteiger partial charge on any atom is -0.442 e. The number of hydrogen-bond donors (Lipinski definition) is 0. The second kappa shape index (κ2) is 10.4. The fraction of sp³-hybridized carbons (Fsp3) is 0.385. The molecule has 1 aromatic heterocycles. The van der Waals surface area contributed by atoms with E-state index in [1.165, 1.54) is 16.1 Å². The van der Waals surface area contributed by atoms with Crippen LogP contribution < -0.4 is 0 Å². The number of benzene rings is 2. The molecule has 0 bridgehead atoms. The van der Waals surface area contributed by atoms with Crippen LogP contribution in [0.4, 0.5) is 9.59 Å². The van der Waals surface area contributed by atoms with E-state index in [0.29, 0.717) is 26.6 Å². The van der Waals surface area contributed by atoms with Crippen LogP contribution in [0, 0.1) is 6.92 Å². The second-order valence-electron chi connectivity index (χ2n) is 10.4. The summed E-state index contributed by atoms with van der Waals surface area (Å²) in [5.74, 6) is 0. The molecule has 2 aromatic carbocycles. The van der Waals surface area contributed by atoms with Crippen molar-refractivity contribution in [2.45, 2.75) is 71.1 Å². The first-order valence-corrected chi connectivity index (χ1v) is 13.7. The number of carbonyl (C=O) groups is 2. The molecular formula is C26H31BrN2O7S. The fourth-order valence-electron chi connectivity index (χ4n) is 3.58. The molecule has 9 nitrogen and oxygen atoms in total. The summed E-state index contributed by atoms with van der Waals surface area (Å²) in [5, 5.41) is 1.29. The third kappa shape index (κ3) is 6.84. The zero-order chi connectivity index (χ0) is 27.8. The minimum atomic E-state index is -3.99. The molecule has 0 N–H and O–H groups in total. The lowest BCUT2D eigenvalue weighted by Crippen LogP contribution is -2.39. The average molecular weight is 596 g/mol. The Labute approximate surface area is 225 Å². The molecule has 0 aliphatic heterocycles. The first-order chi connectivity index (χ1) is 17.0. The summed E-state index contributed by atoms with van der Waals surface area (Å²) in [6, 6.07) is 13.2. The van der Waals surface area contributed by atoms with Gasteiger partial charge in [-0.3, -0.25) is 4.84 Å². The van der Waals surface area contributed by atoms with E-state index in [2.05, 4.69) is 15.9 Å². The van der Waals surface area contributed by atoms with Crippen LogP contribution in [0.1, 0.15) is 52.8 Å². The molecule has 3 aromatic rings. The molecule has 3 rings (SSSR count). The SMILES string of the molecule is Cc1c(CN(OC(=O)OC(C)(C)C)C(=O)OC(C)(C)C)c2cc(Br)ccc2n1S(=O)(=O)c1ccccc1.